The highest BCUT2D eigenvalue weighted by Crippen LogP contribution is 2.33. The molecule has 2 atom stereocenters. The van der Waals surface area contributed by atoms with Crippen LogP contribution in [-0.2, 0) is 4.79 Å². The quantitative estimate of drug-likeness (QED) is 0.790. The van der Waals surface area contributed by atoms with Crippen molar-refractivity contribution in [1.82, 2.24) is 5.32 Å². The first-order chi connectivity index (χ1) is 8.70. The monoisotopic (exact) mass is 288 g/mol. The summed E-state index contributed by atoms with van der Waals surface area (Å²) >= 11 is 0. The Labute approximate surface area is 123 Å². The molecule has 2 fully saturated rings. The zero-order valence-electron chi connectivity index (χ0n) is 12.1. The van der Waals surface area contributed by atoms with Crippen LogP contribution in [0.4, 0.5) is 0 Å². The van der Waals surface area contributed by atoms with E-state index in [9.17, 15) is 4.79 Å². The van der Waals surface area contributed by atoms with Crippen molar-refractivity contribution in [3.63, 3.8) is 0 Å². The summed E-state index contributed by atoms with van der Waals surface area (Å²) in [5, 5.41) is 3.15. The largest absolute Gasteiger partial charge is 0.352 e. The van der Waals surface area contributed by atoms with Crippen molar-refractivity contribution in [3.05, 3.63) is 0 Å². The molecule has 3 nitrogen and oxygen atoms in total. The maximum absolute atomic E-state index is 12.2. The lowest BCUT2D eigenvalue weighted by Gasteiger charge is -2.25. The summed E-state index contributed by atoms with van der Waals surface area (Å²) in [6, 6.07) is 0.228. The van der Waals surface area contributed by atoms with Crippen LogP contribution >= 0.6 is 12.4 Å². The smallest absolute Gasteiger partial charge is 0.223 e. The van der Waals surface area contributed by atoms with Crippen LogP contribution in [0.25, 0.3) is 0 Å². The lowest BCUT2D eigenvalue weighted by atomic mass is 9.83. The Bertz CT molecular complexity index is 275. The number of amides is 1. The molecule has 19 heavy (non-hydrogen) atoms. The van der Waals surface area contributed by atoms with Crippen LogP contribution in [0.2, 0.25) is 0 Å². The van der Waals surface area contributed by atoms with E-state index in [0.717, 1.165) is 12.3 Å². The number of hydrogen-bond donors (Lipinski definition) is 2. The van der Waals surface area contributed by atoms with Gasteiger partial charge in [0.05, 0.1) is 0 Å². The van der Waals surface area contributed by atoms with E-state index in [4.69, 9.17) is 5.73 Å². The first kappa shape index (κ1) is 16.8. The van der Waals surface area contributed by atoms with Crippen LogP contribution in [0.3, 0.4) is 0 Å². The molecule has 2 rings (SSSR count). The average molecular weight is 289 g/mol. The standard InChI is InChI=1S/C15H28N2O.ClH/c1-11(9-12-5-3-2-4-6-12)15(18)17-14(10-16)13-7-8-13;/h11-14H,2-10,16H2,1H3,(H,17,18);1H. The molecule has 2 unspecified atom stereocenters. The summed E-state index contributed by atoms with van der Waals surface area (Å²) in [5.74, 6) is 1.81. The van der Waals surface area contributed by atoms with Crippen LogP contribution < -0.4 is 11.1 Å². The molecule has 0 saturated heterocycles. The van der Waals surface area contributed by atoms with Gasteiger partial charge in [-0.2, -0.15) is 0 Å². The fraction of sp³-hybridized carbons (Fsp3) is 0.933. The van der Waals surface area contributed by atoms with Gasteiger partial charge in [0.1, 0.15) is 0 Å². The van der Waals surface area contributed by atoms with E-state index in [1.807, 2.05) is 0 Å². The predicted molar refractivity (Wildman–Crippen MR) is 81.3 cm³/mol. The van der Waals surface area contributed by atoms with Gasteiger partial charge >= 0.3 is 0 Å². The van der Waals surface area contributed by atoms with Crippen molar-refractivity contribution in [3.8, 4) is 0 Å². The Kier molecular flexibility index (Phi) is 7.16. The number of hydrogen-bond acceptors (Lipinski definition) is 2. The van der Waals surface area contributed by atoms with Gasteiger partial charge in [0.25, 0.3) is 0 Å². The Morgan fingerprint density at radius 2 is 1.84 bits per heavy atom. The van der Waals surface area contributed by atoms with E-state index < -0.39 is 0 Å². The van der Waals surface area contributed by atoms with Crippen molar-refractivity contribution >= 4 is 18.3 Å². The van der Waals surface area contributed by atoms with Gasteiger partial charge in [-0.05, 0) is 31.1 Å². The third-order valence-electron chi connectivity index (χ3n) is 4.63. The van der Waals surface area contributed by atoms with Gasteiger partial charge in [0.2, 0.25) is 5.91 Å². The molecular weight excluding hydrogens is 260 g/mol. The van der Waals surface area contributed by atoms with Gasteiger partial charge in [0, 0.05) is 18.5 Å². The van der Waals surface area contributed by atoms with Crippen LogP contribution in [-0.4, -0.2) is 18.5 Å². The van der Waals surface area contributed by atoms with Gasteiger partial charge in [-0.25, -0.2) is 0 Å². The van der Waals surface area contributed by atoms with Gasteiger partial charge in [0.15, 0.2) is 0 Å². The summed E-state index contributed by atoms with van der Waals surface area (Å²) in [5.41, 5.74) is 5.73. The summed E-state index contributed by atoms with van der Waals surface area (Å²) in [6.07, 6.45) is 10.3. The third-order valence-corrected chi connectivity index (χ3v) is 4.63. The molecule has 0 radical (unpaired) electrons. The molecule has 0 aromatic rings. The van der Waals surface area contributed by atoms with Crippen LogP contribution in [0, 0.1) is 17.8 Å². The zero-order valence-corrected chi connectivity index (χ0v) is 12.9. The molecule has 2 saturated carbocycles. The fourth-order valence-electron chi connectivity index (χ4n) is 3.22. The Morgan fingerprint density at radius 1 is 1.21 bits per heavy atom. The normalized spacial score (nSPS) is 23.3. The van der Waals surface area contributed by atoms with Crippen LogP contribution in [0.5, 0.6) is 0 Å². The fourth-order valence-corrected chi connectivity index (χ4v) is 3.22. The number of rotatable bonds is 6. The molecule has 2 aliphatic carbocycles. The Morgan fingerprint density at radius 3 is 2.37 bits per heavy atom. The van der Waals surface area contributed by atoms with E-state index in [-0.39, 0.29) is 30.3 Å². The van der Waals surface area contributed by atoms with E-state index in [0.29, 0.717) is 12.5 Å². The molecule has 1 amide bonds. The molecule has 112 valence electrons. The first-order valence-electron chi connectivity index (χ1n) is 7.71. The minimum absolute atomic E-state index is 0. The van der Waals surface area contributed by atoms with Crippen molar-refractivity contribution < 1.29 is 4.79 Å². The summed E-state index contributed by atoms with van der Waals surface area (Å²) in [4.78, 5) is 12.2. The minimum Gasteiger partial charge on any atom is -0.352 e. The predicted octanol–water partition coefficient (Wildman–Crippen LogP) is 2.87. The highest BCUT2D eigenvalue weighted by atomic mass is 35.5. The molecule has 2 aliphatic rings. The second-order valence-corrected chi connectivity index (χ2v) is 6.33. The lowest BCUT2D eigenvalue weighted by molar-refractivity contribution is -0.125. The number of halogens is 1. The molecule has 0 aromatic carbocycles. The van der Waals surface area contributed by atoms with Crippen LogP contribution in [0.15, 0.2) is 0 Å². The van der Waals surface area contributed by atoms with E-state index in [2.05, 4.69) is 12.2 Å². The van der Waals surface area contributed by atoms with Crippen LogP contribution in [0.1, 0.15) is 58.3 Å². The number of nitrogens with two attached hydrogens (primary N) is 1. The number of nitrogens with one attached hydrogen (secondary N) is 1. The number of carbonyl (C=O) groups excluding carboxylic acids is 1. The van der Waals surface area contributed by atoms with Crippen molar-refractivity contribution in [2.24, 2.45) is 23.5 Å². The van der Waals surface area contributed by atoms with Gasteiger partial charge < -0.3 is 11.1 Å². The summed E-state index contributed by atoms with van der Waals surface area (Å²) < 4.78 is 0. The second-order valence-electron chi connectivity index (χ2n) is 6.33. The van der Waals surface area contributed by atoms with Gasteiger partial charge in [-0.1, -0.05) is 39.0 Å². The molecule has 0 bridgehead atoms. The molecule has 0 heterocycles. The maximum Gasteiger partial charge on any atom is 0.223 e. The molecule has 4 heteroatoms. The maximum atomic E-state index is 12.2. The highest BCUT2D eigenvalue weighted by molar-refractivity contribution is 5.85. The number of carbonyl (C=O) groups is 1. The van der Waals surface area contributed by atoms with Gasteiger partial charge in [-0.3, -0.25) is 4.79 Å². The summed E-state index contributed by atoms with van der Waals surface area (Å²) in [7, 11) is 0. The molecule has 3 N–H and O–H groups in total. The molecule has 0 aliphatic heterocycles. The molecule has 0 aromatic heterocycles. The van der Waals surface area contributed by atoms with Crippen molar-refractivity contribution in [2.75, 3.05) is 6.54 Å². The lowest BCUT2D eigenvalue weighted by Crippen LogP contribution is -2.44. The highest BCUT2D eigenvalue weighted by Gasteiger charge is 2.32. The van der Waals surface area contributed by atoms with Crippen molar-refractivity contribution in [1.29, 1.82) is 0 Å². The summed E-state index contributed by atoms with van der Waals surface area (Å²) in [6.45, 7) is 2.66. The average Bonchev–Trinajstić information content (AvgIpc) is 3.21. The first-order valence-corrected chi connectivity index (χ1v) is 7.71. The Hall–Kier alpha value is -0.280. The second kappa shape index (κ2) is 8.11. The minimum atomic E-state index is 0. The third kappa shape index (κ3) is 5.31. The SMILES string of the molecule is CC(CC1CCCCC1)C(=O)NC(CN)C1CC1.Cl. The van der Waals surface area contributed by atoms with E-state index in [1.54, 1.807) is 0 Å². The van der Waals surface area contributed by atoms with Crippen molar-refractivity contribution in [2.45, 2.75) is 64.3 Å². The zero-order chi connectivity index (χ0) is 13.0. The van der Waals surface area contributed by atoms with Gasteiger partial charge in [-0.15, -0.1) is 12.4 Å². The Balaban J connectivity index is 0.00000180. The molecule has 0 spiro atoms. The van der Waals surface area contributed by atoms with E-state index >= 15 is 0 Å². The topological polar surface area (TPSA) is 55.1 Å². The van der Waals surface area contributed by atoms with E-state index in [1.165, 1.54) is 44.9 Å². The molecular formula is C15H29ClN2O.